The smallest absolute Gasteiger partial charge is 0.481 e. The monoisotopic (exact) mass is 1400 g/mol. The Morgan fingerprint density at radius 3 is 2.09 bits per heavy atom. The Bertz CT molecular complexity index is 4430. The van der Waals surface area contributed by atoms with Crippen molar-refractivity contribution in [2.24, 2.45) is 5.92 Å². The van der Waals surface area contributed by atoms with Crippen LogP contribution in [0.3, 0.4) is 0 Å². The Kier molecular flexibility index (Phi) is 19.0. The van der Waals surface area contributed by atoms with E-state index in [9.17, 15) is 73.7 Å². The van der Waals surface area contributed by atoms with E-state index in [0.29, 0.717) is 12.3 Å². The van der Waals surface area contributed by atoms with Crippen LogP contribution in [0.25, 0.3) is 22.0 Å². The average Bonchev–Trinajstić information content (AvgIpc) is 1.52. The van der Waals surface area contributed by atoms with Crippen LogP contribution in [0.15, 0.2) is 60.7 Å². The number of anilines is 1. The van der Waals surface area contributed by atoms with Gasteiger partial charge in [-0.3, -0.25) is 38.3 Å². The number of phosphoric ester groups is 1. The highest BCUT2D eigenvalue weighted by atomic mass is 35.5. The summed E-state index contributed by atoms with van der Waals surface area (Å²) in [6, 6.07) is 5.23. The van der Waals surface area contributed by atoms with Crippen LogP contribution >= 0.6 is 19.4 Å². The second-order valence-electron chi connectivity index (χ2n) is 23.1. The second kappa shape index (κ2) is 25.0. The van der Waals surface area contributed by atoms with Gasteiger partial charge in [-0.15, -0.1) is 0 Å². The lowest BCUT2D eigenvalue weighted by atomic mass is 9.77. The number of pyridine rings is 1. The first kappa shape index (κ1) is 70.7. The maximum absolute atomic E-state index is 15.8. The zero-order valence-corrected chi connectivity index (χ0v) is 52.2. The Balaban J connectivity index is 1.33. The average molecular weight is 1400 g/mol. The van der Waals surface area contributed by atoms with Crippen molar-refractivity contribution in [2.75, 3.05) is 16.8 Å². The van der Waals surface area contributed by atoms with Crippen molar-refractivity contribution in [3.8, 4) is 28.7 Å². The molecule has 0 saturated heterocycles. The van der Waals surface area contributed by atoms with Crippen molar-refractivity contribution in [1.29, 1.82) is 0 Å². The first-order chi connectivity index (χ1) is 42.6. The highest BCUT2D eigenvalue weighted by molar-refractivity contribution is 7.93. The Hall–Kier alpha value is -8.16. The molecule has 1 fully saturated rings. The van der Waals surface area contributed by atoms with Crippen molar-refractivity contribution in [3.63, 3.8) is 0 Å². The van der Waals surface area contributed by atoms with Gasteiger partial charge in [0.2, 0.25) is 27.7 Å². The highest BCUT2D eigenvalue weighted by Gasteiger charge is 2.68. The third kappa shape index (κ3) is 15.6. The second-order valence-corrected chi connectivity index (χ2v) is 29.1. The molecule has 0 spiro atoms. The SMILES string of the molecule is CC(C)(CC(=O)N(c1nn(CC(F)(F)F)c2c(-c3ccc(C#CC(C)(C)S(C)(=O)=O)nc3[C@H](Cc3cc(F)cc(F)c3)NC(=O)Cn3nc(C(F)(F)F)c4c3C(F)(F)[C@@H]3C[C@H]43)ccc(Cl)c12)S(C)(=O)=O)c1c(CC(=O)N[C@@H](CC(=O)O)C(=O)O)cccc1OP(=O)(O)O. The number of carbonyl (C=O) groups excluding carboxylic acids is 3. The molecule has 1 saturated carbocycles. The number of hydrogen-bond donors (Lipinski definition) is 6. The van der Waals surface area contributed by atoms with Crippen LogP contribution in [-0.2, 0) is 91.8 Å². The summed E-state index contributed by atoms with van der Waals surface area (Å²) in [5.41, 5.74) is -9.61. The number of carbonyl (C=O) groups is 5. The summed E-state index contributed by atoms with van der Waals surface area (Å²) < 4.78 is 219. The molecule has 500 valence electrons. The van der Waals surface area contributed by atoms with Crippen LogP contribution in [0.2, 0.25) is 5.02 Å². The maximum Gasteiger partial charge on any atom is 0.524 e. The minimum absolute atomic E-state index is 0.0893. The summed E-state index contributed by atoms with van der Waals surface area (Å²) in [5, 5.41) is 29.1. The molecule has 4 atom stereocenters. The van der Waals surface area contributed by atoms with Crippen molar-refractivity contribution in [3.05, 3.63) is 122 Å². The number of aliphatic carboxylic acids is 2. The van der Waals surface area contributed by atoms with Crippen LogP contribution < -0.4 is 19.5 Å². The van der Waals surface area contributed by atoms with E-state index in [0.717, 1.165) is 74.7 Å². The van der Waals surface area contributed by atoms with Gasteiger partial charge < -0.3 is 25.4 Å². The molecule has 0 radical (unpaired) electrons. The van der Waals surface area contributed by atoms with Gasteiger partial charge in [-0.2, -0.15) is 49.6 Å². The third-order valence-electron chi connectivity index (χ3n) is 15.0. The maximum atomic E-state index is 15.8. The van der Waals surface area contributed by atoms with Crippen LogP contribution in [0.1, 0.15) is 104 Å². The first-order valence-corrected chi connectivity index (χ1v) is 32.7. The van der Waals surface area contributed by atoms with Crippen LogP contribution in [0.4, 0.5) is 49.7 Å². The van der Waals surface area contributed by atoms with E-state index in [2.05, 4.69) is 32.3 Å². The number of carboxylic acids is 2. The predicted molar refractivity (Wildman–Crippen MR) is 307 cm³/mol. The predicted octanol–water partition coefficient (Wildman–Crippen LogP) is 8.01. The highest BCUT2D eigenvalue weighted by Crippen LogP contribution is 2.68. The normalized spacial score (nSPS) is 16.3. The van der Waals surface area contributed by atoms with Crippen molar-refractivity contribution in [1.82, 2.24) is 35.2 Å². The summed E-state index contributed by atoms with van der Waals surface area (Å²) in [6.07, 6.45) is -13.8. The van der Waals surface area contributed by atoms with Gasteiger partial charge in [0.25, 0.3) is 5.92 Å². The van der Waals surface area contributed by atoms with Gasteiger partial charge in [0.15, 0.2) is 21.3 Å². The fourth-order valence-corrected chi connectivity index (χ4v) is 12.6. The van der Waals surface area contributed by atoms with Gasteiger partial charge in [-0.25, -0.2) is 40.0 Å². The van der Waals surface area contributed by atoms with E-state index in [4.69, 9.17) is 16.1 Å². The molecule has 8 rings (SSSR count). The quantitative estimate of drug-likeness (QED) is 0.0213. The van der Waals surface area contributed by atoms with Crippen molar-refractivity contribution >= 4 is 85.7 Å². The number of sulfone groups is 1. The molecule has 6 N–H and O–H groups in total. The van der Waals surface area contributed by atoms with E-state index < -0.39 is 233 Å². The van der Waals surface area contributed by atoms with Crippen molar-refractivity contribution < 1.29 is 114 Å². The Labute approximate surface area is 525 Å². The Morgan fingerprint density at radius 1 is 0.882 bits per heavy atom. The van der Waals surface area contributed by atoms with E-state index in [1.807, 2.05) is 5.32 Å². The van der Waals surface area contributed by atoms with Gasteiger partial charge in [-0.05, 0) is 86.1 Å². The molecule has 3 aromatic carbocycles. The molecule has 2 aliphatic rings. The lowest BCUT2D eigenvalue weighted by Gasteiger charge is -2.31. The summed E-state index contributed by atoms with van der Waals surface area (Å²) in [6.45, 7) is 1.13. The molecule has 6 aromatic rings. The van der Waals surface area contributed by atoms with Crippen LogP contribution in [-0.4, -0.2) is 121 Å². The number of benzene rings is 3. The molecule has 3 amide bonds. The van der Waals surface area contributed by atoms with Gasteiger partial charge in [0, 0.05) is 52.3 Å². The van der Waals surface area contributed by atoms with E-state index >= 15 is 35.5 Å². The molecule has 0 unspecified atom stereocenters. The number of nitrogens with one attached hydrogen (secondary N) is 2. The number of sulfonamides is 1. The number of fused-ring (bicyclic) bond motifs is 4. The number of phosphoric acid groups is 1. The molecular weight excluding hydrogens is 1350 g/mol. The summed E-state index contributed by atoms with van der Waals surface area (Å²) in [4.78, 5) is 90.4. The molecule has 23 nitrogen and oxygen atoms in total. The molecule has 93 heavy (non-hydrogen) atoms. The zero-order valence-electron chi connectivity index (χ0n) is 48.9. The number of halogens is 11. The number of rotatable bonds is 22. The number of aromatic nitrogens is 5. The molecule has 0 aliphatic heterocycles. The number of alkyl halides is 8. The van der Waals surface area contributed by atoms with Crippen LogP contribution in [0.5, 0.6) is 5.75 Å². The Morgan fingerprint density at radius 2 is 1.52 bits per heavy atom. The number of amides is 3. The number of nitrogens with zero attached hydrogens (tertiary/aromatic N) is 6. The van der Waals surface area contributed by atoms with E-state index in [1.165, 1.54) is 13.8 Å². The minimum atomic E-state index is -5.58. The molecule has 37 heteroatoms. The first-order valence-electron chi connectivity index (χ1n) is 27.0. The van der Waals surface area contributed by atoms with Crippen molar-refractivity contribution in [2.45, 2.75) is 119 Å². The van der Waals surface area contributed by atoms with Crippen LogP contribution in [0, 0.1) is 29.4 Å². The number of carboxylic acid groups (broad SMARTS) is 2. The van der Waals surface area contributed by atoms with Gasteiger partial charge >= 0.3 is 32.1 Å². The third-order valence-corrected chi connectivity index (χ3v) is 18.8. The largest absolute Gasteiger partial charge is 0.524 e. The minimum Gasteiger partial charge on any atom is -0.481 e. The van der Waals surface area contributed by atoms with Gasteiger partial charge in [0.1, 0.15) is 52.7 Å². The standard InChI is InChI=1S/C56H52ClF10N8O15PS2/c1-52(2,45-27(8-7-9-38(45)90-91(83,84)85)19-39(76)70-37(51(81)82)22-42(79)80)23-41(78)75(93(6,88)89)50-44-35(57)13-12-32(47(44)74(72-50)25-54(60,61)62)31-11-10-30(14-15-53(3,4)92(5,86)87)68-46(31)36(18-26-16-28(58)20-29(59)17-26)69-40(77)24-73-49-43(48(71-73)56(65,66)67)33-21-34(33)55(49,63)64/h7-13,16-17,20,33-34,36-37H,18-19,21-25H2,1-6H3,(H,69,77)(H,70,76)(H,79,80)(H,81,82)(H2,83,84,85)/t33-,34+,36-,37-/m0/s1. The fraction of sp³-hybridized carbons (Fsp3) is 0.393. The molecule has 3 aromatic heterocycles. The topological polar surface area (TPSA) is 337 Å². The lowest BCUT2D eigenvalue weighted by Crippen LogP contribution is -2.43. The molecule has 3 heterocycles. The molecular formula is C56H52ClF10N8O15PS2. The van der Waals surface area contributed by atoms with Gasteiger partial charge in [-0.1, -0.05) is 49.6 Å². The number of hydrogen-bond acceptors (Lipinski definition) is 14. The lowest BCUT2D eigenvalue weighted by molar-refractivity contribution is -0.147. The molecule has 2 aliphatic carbocycles. The fourth-order valence-electron chi connectivity index (χ4n) is 10.9. The van der Waals surface area contributed by atoms with E-state index in [1.54, 1.807) is 0 Å². The van der Waals surface area contributed by atoms with Gasteiger partial charge in [0.05, 0.1) is 46.8 Å². The van der Waals surface area contributed by atoms with E-state index in [-0.39, 0.29) is 31.2 Å². The molecule has 0 bridgehead atoms. The summed E-state index contributed by atoms with van der Waals surface area (Å²) >= 11 is 6.79. The summed E-state index contributed by atoms with van der Waals surface area (Å²) in [5.74, 6) is -13.7. The summed E-state index contributed by atoms with van der Waals surface area (Å²) in [7, 11) is -14.8. The zero-order chi connectivity index (χ0) is 69.4.